The zero-order chi connectivity index (χ0) is 14.4. The van der Waals surface area contributed by atoms with Gasteiger partial charge >= 0.3 is 0 Å². The molecule has 2 heterocycles. The number of nitrogens with one attached hydrogen (secondary N) is 1. The molecule has 1 saturated heterocycles. The minimum Gasteiger partial charge on any atom is -0.459 e. The highest BCUT2D eigenvalue weighted by atomic mass is 16.3. The van der Waals surface area contributed by atoms with Gasteiger partial charge in [-0.2, -0.15) is 0 Å². The predicted octanol–water partition coefficient (Wildman–Crippen LogP) is 0.340. The van der Waals surface area contributed by atoms with Crippen LogP contribution in [0, 0.1) is 0 Å². The number of furan rings is 1. The van der Waals surface area contributed by atoms with Crippen LogP contribution in [0.3, 0.4) is 0 Å². The van der Waals surface area contributed by atoms with Crippen LogP contribution in [0.2, 0.25) is 0 Å². The van der Waals surface area contributed by atoms with Crippen LogP contribution in [0.25, 0.3) is 0 Å². The van der Waals surface area contributed by atoms with E-state index < -0.39 is 0 Å². The maximum absolute atomic E-state index is 12.1. The largest absolute Gasteiger partial charge is 0.459 e. The van der Waals surface area contributed by atoms with Crippen molar-refractivity contribution in [3.63, 3.8) is 0 Å². The van der Waals surface area contributed by atoms with Crippen molar-refractivity contribution in [1.82, 2.24) is 15.1 Å². The maximum atomic E-state index is 12.1. The van der Waals surface area contributed by atoms with Crippen LogP contribution in [0.5, 0.6) is 0 Å². The molecule has 1 aromatic rings. The Morgan fingerprint density at radius 3 is 2.70 bits per heavy atom. The molecule has 0 saturated carbocycles. The van der Waals surface area contributed by atoms with Gasteiger partial charge in [0.15, 0.2) is 5.76 Å². The number of carbonyl (C=O) groups excluding carboxylic acids is 2. The molecule has 6 nitrogen and oxygen atoms in total. The molecular weight excluding hydrogens is 258 g/mol. The van der Waals surface area contributed by atoms with Crippen LogP contribution in [0.15, 0.2) is 35.5 Å². The van der Waals surface area contributed by atoms with Gasteiger partial charge in [0.2, 0.25) is 5.91 Å². The molecule has 20 heavy (non-hydrogen) atoms. The van der Waals surface area contributed by atoms with Gasteiger partial charge in [0.05, 0.1) is 12.8 Å². The van der Waals surface area contributed by atoms with E-state index >= 15 is 0 Å². The monoisotopic (exact) mass is 277 g/mol. The molecule has 0 spiro atoms. The number of rotatable bonds is 5. The van der Waals surface area contributed by atoms with E-state index in [1.165, 1.54) is 6.26 Å². The van der Waals surface area contributed by atoms with Gasteiger partial charge in [-0.25, -0.2) is 0 Å². The van der Waals surface area contributed by atoms with Gasteiger partial charge in [0.25, 0.3) is 5.91 Å². The van der Waals surface area contributed by atoms with Crippen LogP contribution in [-0.2, 0) is 4.79 Å². The molecule has 108 valence electrons. The SMILES string of the molecule is C=CCNC(=O)CN1CCN(C(=O)c2ccco2)CC1. The fraction of sp³-hybridized carbons (Fsp3) is 0.429. The van der Waals surface area contributed by atoms with E-state index in [1.807, 2.05) is 4.90 Å². The van der Waals surface area contributed by atoms with E-state index in [4.69, 9.17) is 4.42 Å². The normalized spacial score (nSPS) is 15.9. The standard InChI is InChI=1S/C14H19N3O3/c1-2-5-15-13(18)11-16-6-8-17(9-7-16)14(19)12-4-3-10-20-12/h2-4,10H,1,5-9,11H2,(H,15,18). The van der Waals surface area contributed by atoms with Gasteiger partial charge in [-0.3, -0.25) is 14.5 Å². The molecule has 1 aliphatic rings. The summed E-state index contributed by atoms with van der Waals surface area (Å²) in [6, 6.07) is 3.37. The fourth-order valence-corrected chi connectivity index (χ4v) is 2.11. The summed E-state index contributed by atoms with van der Waals surface area (Å²) < 4.78 is 5.11. The van der Waals surface area contributed by atoms with E-state index in [0.29, 0.717) is 45.0 Å². The Balaban J connectivity index is 1.76. The molecule has 1 N–H and O–H groups in total. The first-order valence-corrected chi connectivity index (χ1v) is 6.63. The molecular formula is C14H19N3O3. The molecule has 0 atom stereocenters. The summed E-state index contributed by atoms with van der Waals surface area (Å²) in [6.07, 6.45) is 3.14. The van der Waals surface area contributed by atoms with Crippen molar-refractivity contribution in [2.24, 2.45) is 0 Å². The Kier molecular flexibility index (Phi) is 4.95. The Morgan fingerprint density at radius 1 is 1.35 bits per heavy atom. The molecule has 0 bridgehead atoms. The summed E-state index contributed by atoms with van der Waals surface area (Å²) in [5.74, 6) is 0.253. The second-order valence-corrected chi connectivity index (χ2v) is 4.64. The smallest absolute Gasteiger partial charge is 0.289 e. The van der Waals surface area contributed by atoms with Gasteiger partial charge in [0.1, 0.15) is 0 Å². The third kappa shape index (κ3) is 3.71. The predicted molar refractivity (Wildman–Crippen MR) is 74.3 cm³/mol. The summed E-state index contributed by atoms with van der Waals surface area (Å²) in [7, 11) is 0. The van der Waals surface area contributed by atoms with E-state index in [2.05, 4.69) is 11.9 Å². The number of nitrogens with zero attached hydrogens (tertiary/aromatic N) is 2. The van der Waals surface area contributed by atoms with E-state index in [-0.39, 0.29) is 11.8 Å². The van der Waals surface area contributed by atoms with Gasteiger partial charge in [0, 0.05) is 32.7 Å². The minimum atomic E-state index is -0.0919. The first kappa shape index (κ1) is 14.3. The van der Waals surface area contributed by atoms with Crippen molar-refractivity contribution in [2.45, 2.75) is 0 Å². The third-order valence-electron chi connectivity index (χ3n) is 3.20. The highest BCUT2D eigenvalue weighted by molar-refractivity contribution is 5.91. The van der Waals surface area contributed by atoms with Crippen molar-refractivity contribution in [3.8, 4) is 0 Å². The molecule has 2 rings (SSSR count). The van der Waals surface area contributed by atoms with Crippen molar-refractivity contribution in [1.29, 1.82) is 0 Å². The van der Waals surface area contributed by atoms with Gasteiger partial charge in [-0.15, -0.1) is 6.58 Å². The molecule has 1 fully saturated rings. The zero-order valence-corrected chi connectivity index (χ0v) is 11.4. The lowest BCUT2D eigenvalue weighted by Crippen LogP contribution is -2.51. The Labute approximate surface area is 118 Å². The van der Waals surface area contributed by atoms with Gasteiger partial charge in [-0.05, 0) is 12.1 Å². The summed E-state index contributed by atoms with van der Waals surface area (Å²) in [4.78, 5) is 27.4. The van der Waals surface area contributed by atoms with E-state index in [0.717, 1.165) is 0 Å². The molecule has 1 aliphatic heterocycles. The average molecular weight is 277 g/mol. The number of piperazine rings is 1. The van der Waals surface area contributed by atoms with Crippen LogP contribution in [0.1, 0.15) is 10.6 Å². The zero-order valence-electron chi connectivity index (χ0n) is 11.4. The molecule has 6 heteroatoms. The van der Waals surface area contributed by atoms with E-state index in [9.17, 15) is 9.59 Å². The van der Waals surface area contributed by atoms with Crippen molar-refractivity contribution in [3.05, 3.63) is 36.8 Å². The first-order chi connectivity index (χ1) is 9.70. The minimum absolute atomic E-state index is 0.0179. The van der Waals surface area contributed by atoms with Crippen molar-refractivity contribution >= 4 is 11.8 Å². The average Bonchev–Trinajstić information content (AvgIpc) is 2.99. The van der Waals surface area contributed by atoms with Crippen LogP contribution < -0.4 is 5.32 Å². The molecule has 0 radical (unpaired) electrons. The molecule has 2 amide bonds. The first-order valence-electron chi connectivity index (χ1n) is 6.63. The Hall–Kier alpha value is -2.08. The van der Waals surface area contributed by atoms with Crippen molar-refractivity contribution < 1.29 is 14.0 Å². The van der Waals surface area contributed by atoms with Crippen molar-refractivity contribution in [2.75, 3.05) is 39.3 Å². The topological polar surface area (TPSA) is 65.8 Å². The number of amides is 2. The highest BCUT2D eigenvalue weighted by Gasteiger charge is 2.24. The third-order valence-corrected chi connectivity index (χ3v) is 3.20. The summed E-state index contributed by atoms with van der Waals surface area (Å²) in [5.41, 5.74) is 0. The summed E-state index contributed by atoms with van der Waals surface area (Å²) in [5, 5.41) is 2.74. The molecule has 0 aliphatic carbocycles. The lowest BCUT2D eigenvalue weighted by molar-refractivity contribution is -0.122. The molecule has 0 aromatic carbocycles. The van der Waals surface area contributed by atoms with Gasteiger partial charge < -0.3 is 14.6 Å². The number of hydrogen-bond acceptors (Lipinski definition) is 4. The molecule has 1 aromatic heterocycles. The Morgan fingerprint density at radius 2 is 2.10 bits per heavy atom. The van der Waals surface area contributed by atoms with E-state index in [1.54, 1.807) is 23.1 Å². The van der Waals surface area contributed by atoms with Crippen LogP contribution >= 0.6 is 0 Å². The van der Waals surface area contributed by atoms with Gasteiger partial charge in [-0.1, -0.05) is 6.08 Å². The Bertz CT molecular complexity index is 462. The second-order valence-electron chi connectivity index (χ2n) is 4.64. The second kappa shape index (κ2) is 6.91. The maximum Gasteiger partial charge on any atom is 0.289 e. The summed E-state index contributed by atoms with van der Waals surface area (Å²) >= 11 is 0. The highest BCUT2D eigenvalue weighted by Crippen LogP contribution is 2.09. The number of hydrogen-bond donors (Lipinski definition) is 1. The fourth-order valence-electron chi connectivity index (χ4n) is 2.11. The van der Waals surface area contributed by atoms with Crippen LogP contribution in [-0.4, -0.2) is 60.9 Å². The summed E-state index contributed by atoms with van der Waals surface area (Å²) in [6.45, 7) is 6.98. The molecule has 0 unspecified atom stereocenters. The number of carbonyl (C=O) groups is 2. The van der Waals surface area contributed by atoms with Crippen LogP contribution in [0.4, 0.5) is 0 Å². The quantitative estimate of drug-likeness (QED) is 0.788. The lowest BCUT2D eigenvalue weighted by atomic mass is 10.3. The lowest BCUT2D eigenvalue weighted by Gasteiger charge is -2.33.